The SMILES string of the molecule is O=C([O-])CCCC/C(=N/Nc1cc(Cl)cc(Cl)c1)c1ccccn1. The summed E-state index contributed by atoms with van der Waals surface area (Å²) in [6.07, 6.45) is 3.50. The highest BCUT2D eigenvalue weighted by Gasteiger charge is 2.06. The van der Waals surface area contributed by atoms with E-state index in [2.05, 4.69) is 15.5 Å². The van der Waals surface area contributed by atoms with Gasteiger partial charge in [0.2, 0.25) is 0 Å². The van der Waals surface area contributed by atoms with Gasteiger partial charge in [0.15, 0.2) is 0 Å². The number of nitrogens with one attached hydrogen (secondary N) is 1. The van der Waals surface area contributed by atoms with Crippen LogP contribution in [0.25, 0.3) is 0 Å². The molecule has 0 radical (unpaired) electrons. The average Bonchev–Trinajstić information content (AvgIpc) is 2.54. The molecule has 0 atom stereocenters. The molecule has 1 aromatic heterocycles. The maximum atomic E-state index is 10.5. The molecule has 126 valence electrons. The van der Waals surface area contributed by atoms with Crippen LogP contribution in [-0.4, -0.2) is 16.7 Å². The van der Waals surface area contributed by atoms with Gasteiger partial charge in [-0.15, -0.1) is 0 Å². The molecule has 0 unspecified atom stereocenters. The van der Waals surface area contributed by atoms with Gasteiger partial charge in [-0.3, -0.25) is 10.4 Å². The molecule has 0 aliphatic rings. The largest absolute Gasteiger partial charge is 0.550 e. The lowest BCUT2D eigenvalue weighted by Crippen LogP contribution is -2.21. The summed E-state index contributed by atoms with van der Waals surface area (Å²) in [6, 6.07) is 10.6. The van der Waals surface area contributed by atoms with Crippen LogP contribution in [0.2, 0.25) is 10.0 Å². The van der Waals surface area contributed by atoms with Gasteiger partial charge in [0.05, 0.1) is 17.1 Å². The maximum absolute atomic E-state index is 10.5. The molecular weight excluding hydrogens is 349 g/mol. The summed E-state index contributed by atoms with van der Waals surface area (Å²) in [4.78, 5) is 14.8. The van der Waals surface area contributed by atoms with Crippen LogP contribution in [0, 0.1) is 0 Å². The van der Waals surface area contributed by atoms with Gasteiger partial charge in [-0.25, -0.2) is 0 Å². The standard InChI is InChI=1S/C17H17Cl2N3O2/c18-12-9-13(19)11-14(10-12)21-22-16(6-1-2-7-17(23)24)15-5-3-4-8-20-15/h3-5,8-11,21H,1-2,6-7H2,(H,23,24)/p-1/b22-16-. The molecule has 24 heavy (non-hydrogen) atoms. The van der Waals surface area contributed by atoms with Gasteiger partial charge in [0.1, 0.15) is 0 Å². The van der Waals surface area contributed by atoms with Crippen molar-refractivity contribution < 1.29 is 9.90 Å². The number of aliphatic carboxylic acids is 1. The van der Waals surface area contributed by atoms with Gasteiger partial charge < -0.3 is 9.90 Å². The van der Waals surface area contributed by atoms with E-state index in [0.717, 1.165) is 11.4 Å². The number of carbonyl (C=O) groups is 1. The molecule has 1 heterocycles. The summed E-state index contributed by atoms with van der Waals surface area (Å²) in [7, 11) is 0. The molecule has 0 bridgehead atoms. The van der Waals surface area contributed by atoms with E-state index in [1.54, 1.807) is 24.4 Å². The van der Waals surface area contributed by atoms with E-state index >= 15 is 0 Å². The Kier molecular flexibility index (Phi) is 7.03. The van der Waals surface area contributed by atoms with E-state index in [4.69, 9.17) is 23.2 Å². The third-order valence-corrected chi connectivity index (χ3v) is 3.62. The highest BCUT2D eigenvalue weighted by atomic mass is 35.5. The summed E-state index contributed by atoms with van der Waals surface area (Å²) in [5.41, 5.74) is 5.04. The van der Waals surface area contributed by atoms with Crippen molar-refractivity contribution in [2.75, 3.05) is 5.43 Å². The lowest BCUT2D eigenvalue weighted by Gasteiger charge is -2.08. The fourth-order valence-electron chi connectivity index (χ4n) is 2.09. The zero-order valence-corrected chi connectivity index (χ0v) is 14.3. The van der Waals surface area contributed by atoms with Crippen molar-refractivity contribution in [3.8, 4) is 0 Å². The Morgan fingerprint density at radius 1 is 1.12 bits per heavy atom. The summed E-state index contributed by atoms with van der Waals surface area (Å²) in [6.45, 7) is 0. The number of anilines is 1. The molecule has 0 aliphatic heterocycles. The highest BCUT2D eigenvalue weighted by molar-refractivity contribution is 6.35. The number of carbonyl (C=O) groups excluding carboxylic acids is 1. The number of unbranched alkanes of at least 4 members (excludes halogenated alkanes) is 1. The van der Waals surface area contributed by atoms with Crippen molar-refractivity contribution in [2.45, 2.75) is 25.7 Å². The molecule has 7 heteroatoms. The van der Waals surface area contributed by atoms with Crippen molar-refractivity contribution >= 4 is 40.6 Å². The van der Waals surface area contributed by atoms with E-state index in [0.29, 0.717) is 35.0 Å². The van der Waals surface area contributed by atoms with E-state index in [1.165, 1.54) is 0 Å². The van der Waals surface area contributed by atoms with E-state index in [9.17, 15) is 9.90 Å². The normalized spacial score (nSPS) is 11.3. The molecule has 0 saturated carbocycles. The molecular formula is C17H16Cl2N3O2-. The molecule has 0 fully saturated rings. The second-order valence-electron chi connectivity index (χ2n) is 5.12. The van der Waals surface area contributed by atoms with E-state index in [1.807, 2.05) is 18.2 Å². The first kappa shape index (κ1) is 18.2. The number of hydrogen-bond acceptors (Lipinski definition) is 5. The number of benzene rings is 1. The minimum Gasteiger partial charge on any atom is -0.550 e. The third kappa shape index (κ3) is 6.18. The van der Waals surface area contributed by atoms with Crippen LogP contribution in [0.3, 0.4) is 0 Å². The maximum Gasteiger partial charge on any atom is 0.0863 e. The number of rotatable bonds is 8. The Morgan fingerprint density at radius 2 is 1.83 bits per heavy atom. The summed E-state index contributed by atoms with van der Waals surface area (Å²) >= 11 is 11.9. The Bertz CT molecular complexity index is 701. The van der Waals surface area contributed by atoms with Crippen LogP contribution in [0.15, 0.2) is 47.7 Å². The number of hydrazone groups is 1. The molecule has 1 aromatic carbocycles. The number of pyridine rings is 1. The van der Waals surface area contributed by atoms with Crippen molar-refractivity contribution in [3.63, 3.8) is 0 Å². The minimum atomic E-state index is -1.04. The molecule has 0 amide bonds. The van der Waals surface area contributed by atoms with Crippen LogP contribution < -0.4 is 10.5 Å². The topological polar surface area (TPSA) is 77.4 Å². The summed E-state index contributed by atoms with van der Waals surface area (Å²) < 4.78 is 0. The minimum absolute atomic E-state index is 0.0346. The summed E-state index contributed by atoms with van der Waals surface area (Å²) in [5.74, 6) is -1.04. The van der Waals surface area contributed by atoms with Gasteiger partial charge in [0.25, 0.3) is 0 Å². The number of carboxylic acids is 1. The van der Waals surface area contributed by atoms with Crippen LogP contribution in [-0.2, 0) is 4.79 Å². The van der Waals surface area contributed by atoms with Gasteiger partial charge in [-0.1, -0.05) is 29.3 Å². The van der Waals surface area contributed by atoms with Crippen molar-refractivity contribution in [2.24, 2.45) is 5.10 Å². The number of halogens is 2. The molecule has 2 aromatic rings. The predicted molar refractivity (Wildman–Crippen MR) is 94.3 cm³/mol. The highest BCUT2D eigenvalue weighted by Crippen LogP contribution is 2.22. The van der Waals surface area contributed by atoms with E-state index < -0.39 is 5.97 Å². The molecule has 0 spiro atoms. The van der Waals surface area contributed by atoms with Crippen LogP contribution in [0.4, 0.5) is 5.69 Å². The van der Waals surface area contributed by atoms with Crippen LogP contribution in [0.1, 0.15) is 31.4 Å². The first-order chi connectivity index (χ1) is 11.5. The fraction of sp³-hybridized carbons (Fsp3) is 0.235. The number of hydrogen-bond donors (Lipinski definition) is 1. The zero-order valence-electron chi connectivity index (χ0n) is 12.8. The number of aromatic nitrogens is 1. The van der Waals surface area contributed by atoms with Gasteiger partial charge in [-0.2, -0.15) is 5.10 Å². The quantitative estimate of drug-likeness (QED) is 0.441. The zero-order chi connectivity index (χ0) is 17.4. The van der Waals surface area contributed by atoms with Crippen LogP contribution >= 0.6 is 23.2 Å². The van der Waals surface area contributed by atoms with Gasteiger partial charge in [-0.05, 0) is 56.0 Å². The third-order valence-electron chi connectivity index (χ3n) is 3.19. The van der Waals surface area contributed by atoms with E-state index in [-0.39, 0.29) is 6.42 Å². The smallest absolute Gasteiger partial charge is 0.0863 e. The Labute approximate surface area is 150 Å². The second kappa shape index (κ2) is 9.25. The molecule has 0 saturated heterocycles. The monoisotopic (exact) mass is 364 g/mol. The van der Waals surface area contributed by atoms with Crippen LogP contribution in [0.5, 0.6) is 0 Å². The Hall–Kier alpha value is -2.11. The number of nitrogens with zero attached hydrogens (tertiary/aromatic N) is 2. The number of carboxylic acid groups (broad SMARTS) is 1. The summed E-state index contributed by atoms with van der Waals surface area (Å²) in [5, 5.41) is 15.9. The molecule has 2 rings (SSSR count). The molecule has 5 nitrogen and oxygen atoms in total. The first-order valence-corrected chi connectivity index (χ1v) is 8.20. The van der Waals surface area contributed by atoms with Crippen molar-refractivity contribution in [1.29, 1.82) is 0 Å². The molecule has 1 N–H and O–H groups in total. The predicted octanol–water partition coefficient (Wildman–Crippen LogP) is 3.51. The fourth-order valence-corrected chi connectivity index (χ4v) is 2.61. The van der Waals surface area contributed by atoms with Gasteiger partial charge in [0, 0.05) is 22.2 Å². The van der Waals surface area contributed by atoms with Crippen molar-refractivity contribution in [1.82, 2.24) is 4.98 Å². The van der Waals surface area contributed by atoms with Crippen molar-refractivity contribution in [3.05, 3.63) is 58.3 Å². The van der Waals surface area contributed by atoms with Gasteiger partial charge >= 0.3 is 0 Å². The first-order valence-electron chi connectivity index (χ1n) is 7.44. The lowest BCUT2D eigenvalue weighted by molar-refractivity contribution is -0.305. The Balaban J connectivity index is 2.10. The second-order valence-corrected chi connectivity index (χ2v) is 6.00. The average molecular weight is 365 g/mol. The lowest BCUT2D eigenvalue weighted by atomic mass is 10.1. The Morgan fingerprint density at radius 3 is 2.46 bits per heavy atom. The molecule has 0 aliphatic carbocycles.